The van der Waals surface area contributed by atoms with Gasteiger partial charge >= 0.3 is 0 Å². The average Bonchev–Trinajstić information content (AvgIpc) is 2.48. The highest BCUT2D eigenvalue weighted by Gasteiger charge is 2.11. The molecule has 0 aliphatic heterocycles. The SMILES string of the molecule is CCCOc1ccccc1-c1cncc(NC=O)c1C. The summed E-state index contributed by atoms with van der Waals surface area (Å²) in [5.41, 5.74) is 3.63. The zero-order valence-corrected chi connectivity index (χ0v) is 11.7. The molecular formula is C16H18N2O2. The highest BCUT2D eigenvalue weighted by atomic mass is 16.5. The van der Waals surface area contributed by atoms with Gasteiger partial charge in [-0.05, 0) is 25.0 Å². The van der Waals surface area contributed by atoms with Gasteiger partial charge in [0.15, 0.2) is 0 Å². The van der Waals surface area contributed by atoms with E-state index in [9.17, 15) is 4.79 Å². The minimum atomic E-state index is 0.660. The van der Waals surface area contributed by atoms with E-state index >= 15 is 0 Å². The smallest absolute Gasteiger partial charge is 0.211 e. The topological polar surface area (TPSA) is 51.2 Å². The Morgan fingerprint density at radius 2 is 2.05 bits per heavy atom. The van der Waals surface area contributed by atoms with Crippen LogP contribution >= 0.6 is 0 Å². The zero-order chi connectivity index (χ0) is 14.4. The second kappa shape index (κ2) is 6.70. The number of pyridine rings is 1. The molecule has 0 spiro atoms. The molecule has 1 heterocycles. The number of carbonyl (C=O) groups excluding carboxylic acids is 1. The molecular weight excluding hydrogens is 252 g/mol. The van der Waals surface area contributed by atoms with Crippen LogP contribution in [-0.4, -0.2) is 18.0 Å². The molecule has 1 N–H and O–H groups in total. The molecule has 0 aliphatic rings. The molecule has 1 amide bonds. The molecule has 0 atom stereocenters. The van der Waals surface area contributed by atoms with Gasteiger partial charge in [-0.1, -0.05) is 25.1 Å². The van der Waals surface area contributed by atoms with Crippen molar-refractivity contribution in [1.29, 1.82) is 0 Å². The quantitative estimate of drug-likeness (QED) is 0.818. The van der Waals surface area contributed by atoms with Gasteiger partial charge in [0.05, 0.1) is 18.5 Å². The van der Waals surface area contributed by atoms with Gasteiger partial charge in [-0.3, -0.25) is 9.78 Å². The number of aromatic nitrogens is 1. The Kier molecular flexibility index (Phi) is 4.71. The predicted molar refractivity (Wildman–Crippen MR) is 79.9 cm³/mol. The van der Waals surface area contributed by atoms with Crippen molar-refractivity contribution in [1.82, 2.24) is 4.98 Å². The highest BCUT2D eigenvalue weighted by molar-refractivity contribution is 5.81. The van der Waals surface area contributed by atoms with E-state index in [1.807, 2.05) is 31.2 Å². The van der Waals surface area contributed by atoms with Crippen LogP contribution in [0.1, 0.15) is 18.9 Å². The number of nitrogens with one attached hydrogen (secondary N) is 1. The van der Waals surface area contributed by atoms with Gasteiger partial charge in [0.25, 0.3) is 0 Å². The fourth-order valence-electron chi connectivity index (χ4n) is 2.03. The molecule has 0 aliphatic carbocycles. The Hall–Kier alpha value is -2.36. The molecule has 0 bridgehead atoms. The highest BCUT2D eigenvalue weighted by Crippen LogP contribution is 2.34. The van der Waals surface area contributed by atoms with Crippen molar-refractivity contribution < 1.29 is 9.53 Å². The molecule has 0 saturated carbocycles. The Labute approximate surface area is 118 Å². The summed E-state index contributed by atoms with van der Waals surface area (Å²) in [6.45, 7) is 4.71. The van der Waals surface area contributed by atoms with Crippen LogP contribution < -0.4 is 10.1 Å². The van der Waals surface area contributed by atoms with Crippen molar-refractivity contribution in [2.24, 2.45) is 0 Å². The van der Waals surface area contributed by atoms with E-state index in [1.54, 1.807) is 12.4 Å². The number of rotatable bonds is 6. The molecule has 1 aromatic carbocycles. The lowest BCUT2D eigenvalue weighted by Crippen LogP contribution is -2.01. The van der Waals surface area contributed by atoms with E-state index in [0.29, 0.717) is 18.7 Å². The lowest BCUT2D eigenvalue weighted by Gasteiger charge is -2.14. The number of hydrogen-bond donors (Lipinski definition) is 1. The number of nitrogens with zero attached hydrogens (tertiary/aromatic N) is 1. The van der Waals surface area contributed by atoms with Crippen LogP contribution in [0.4, 0.5) is 5.69 Å². The largest absolute Gasteiger partial charge is 0.493 e. The van der Waals surface area contributed by atoms with Crippen molar-refractivity contribution in [3.63, 3.8) is 0 Å². The van der Waals surface area contributed by atoms with Crippen molar-refractivity contribution in [3.8, 4) is 16.9 Å². The average molecular weight is 270 g/mol. The molecule has 1 aromatic heterocycles. The van der Waals surface area contributed by atoms with E-state index in [0.717, 1.165) is 28.9 Å². The maximum Gasteiger partial charge on any atom is 0.211 e. The summed E-state index contributed by atoms with van der Waals surface area (Å²) in [4.78, 5) is 14.8. The minimum absolute atomic E-state index is 0.660. The molecule has 4 heteroatoms. The Morgan fingerprint density at radius 1 is 1.25 bits per heavy atom. The van der Waals surface area contributed by atoms with Gasteiger partial charge in [-0.25, -0.2) is 0 Å². The molecule has 0 fully saturated rings. The maximum atomic E-state index is 10.6. The predicted octanol–water partition coefficient (Wildman–Crippen LogP) is 3.41. The third-order valence-corrected chi connectivity index (χ3v) is 3.07. The standard InChI is InChI=1S/C16H18N2O2/c1-3-8-20-16-7-5-4-6-13(16)14-9-17-10-15(12(14)2)18-11-19/h4-7,9-11H,3,8H2,1-2H3,(H,18,19). The Balaban J connectivity index is 2.45. The summed E-state index contributed by atoms with van der Waals surface area (Å²) in [6.07, 6.45) is 5.05. The Morgan fingerprint density at radius 3 is 2.80 bits per heavy atom. The second-order valence-electron chi connectivity index (χ2n) is 4.47. The molecule has 4 nitrogen and oxygen atoms in total. The number of carbonyl (C=O) groups is 1. The summed E-state index contributed by atoms with van der Waals surface area (Å²) in [6, 6.07) is 7.86. The van der Waals surface area contributed by atoms with Crippen LogP contribution in [-0.2, 0) is 4.79 Å². The van der Waals surface area contributed by atoms with Crippen LogP contribution in [0.2, 0.25) is 0 Å². The molecule has 0 unspecified atom stereocenters. The second-order valence-corrected chi connectivity index (χ2v) is 4.47. The minimum Gasteiger partial charge on any atom is -0.493 e. The molecule has 0 radical (unpaired) electrons. The van der Waals surface area contributed by atoms with Crippen molar-refractivity contribution in [2.45, 2.75) is 20.3 Å². The number of anilines is 1. The van der Waals surface area contributed by atoms with Crippen molar-refractivity contribution in [2.75, 3.05) is 11.9 Å². The lowest BCUT2D eigenvalue weighted by molar-refractivity contribution is -0.105. The number of hydrogen-bond acceptors (Lipinski definition) is 3. The first-order chi connectivity index (χ1) is 9.77. The molecule has 2 aromatic rings. The summed E-state index contributed by atoms with van der Waals surface area (Å²) in [7, 11) is 0. The van der Waals surface area contributed by atoms with Crippen LogP contribution in [0.15, 0.2) is 36.7 Å². The third kappa shape index (κ3) is 2.96. The number of ether oxygens (including phenoxy) is 1. The fourth-order valence-corrected chi connectivity index (χ4v) is 2.03. The number of amides is 1. The van der Waals surface area contributed by atoms with Crippen molar-refractivity contribution in [3.05, 3.63) is 42.2 Å². The van der Waals surface area contributed by atoms with Crippen LogP contribution in [0.25, 0.3) is 11.1 Å². The molecule has 0 saturated heterocycles. The Bertz CT molecular complexity index is 597. The van der Waals surface area contributed by atoms with Crippen LogP contribution in [0.3, 0.4) is 0 Å². The summed E-state index contributed by atoms with van der Waals surface area (Å²) in [5, 5.41) is 2.66. The van der Waals surface area contributed by atoms with E-state index in [-0.39, 0.29) is 0 Å². The van der Waals surface area contributed by atoms with Gasteiger partial charge in [-0.15, -0.1) is 0 Å². The first kappa shape index (κ1) is 14.1. The number of para-hydroxylation sites is 1. The van der Waals surface area contributed by atoms with Crippen LogP contribution in [0, 0.1) is 6.92 Å². The van der Waals surface area contributed by atoms with Crippen LogP contribution in [0.5, 0.6) is 5.75 Å². The van der Waals surface area contributed by atoms with Gasteiger partial charge in [-0.2, -0.15) is 0 Å². The fraction of sp³-hybridized carbons (Fsp3) is 0.250. The van der Waals surface area contributed by atoms with E-state index < -0.39 is 0 Å². The van der Waals surface area contributed by atoms with Gasteiger partial charge in [0.2, 0.25) is 6.41 Å². The monoisotopic (exact) mass is 270 g/mol. The molecule has 104 valence electrons. The van der Waals surface area contributed by atoms with E-state index in [4.69, 9.17) is 4.74 Å². The lowest BCUT2D eigenvalue weighted by atomic mass is 10.0. The summed E-state index contributed by atoms with van der Waals surface area (Å²) < 4.78 is 5.78. The normalized spacial score (nSPS) is 10.1. The maximum absolute atomic E-state index is 10.6. The summed E-state index contributed by atoms with van der Waals surface area (Å²) in [5.74, 6) is 0.836. The number of benzene rings is 1. The van der Waals surface area contributed by atoms with Crippen molar-refractivity contribution >= 4 is 12.1 Å². The molecule has 20 heavy (non-hydrogen) atoms. The van der Waals surface area contributed by atoms with Gasteiger partial charge < -0.3 is 10.1 Å². The summed E-state index contributed by atoms with van der Waals surface area (Å²) >= 11 is 0. The van der Waals surface area contributed by atoms with Gasteiger partial charge in [0, 0.05) is 17.3 Å². The molecule has 2 rings (SSSR count). The van der Waals surface area contributed by atoms with E-state index in [2.05, 4.69) is 17.2 Å². The first-order valence-electron chi connectivity index (χ1n) is 6.65. The van der Waals surface area contributed by atoms with Gasteiger partial charge in [0.1, 0.15) is 5.75 Å². The zero-order valence-electron chi connectivity index (χ0n) is 11.7. The van der Waals surface area contributed by atoms with E-state index in [1.165, 1.54) is 0 Å². The first-order valence-corrected chi connectivity index (χ1v) is 6.65. The third-order valence-electron chi connectivity index (χ3n) is 3.07.